The molecule has 0 aliphatic rings. The molecule has 2 rings (SSSR count). The Hall–Kier alpha value is -0.870. The molecule has 0 saturated heterocycles. The summed E-state index contributed by atoms with van der Waals surface area (Å²) in [7, 11) is 0. The third kappa shape index (κ3) is 3.12. The molecule has 0 aliphatic heterocycles. The average molecular weight is 373 g/mol. The van der Waals surface area contributed by atoms with E-state index < -0.39 is 0 Å². The fraction of sp³-hybridized carbons (Fsp3) is 0.143. The summed E-state index contributed by atoms with van der Waals surface area (Å²) in [6.07, 6.45) is 0. The van der Waals surface area contributed by atoms with Crippen LogP contribution in [0.1, 0.15) is 18.5 Å². The van der Waals surface area contributed by atoms with Crippen LogP contribution >= 0.6 is 31.9 Å². The van der Waals surface area contributed by atoms with Gasteiger partial charge in [0.1, 0.15) is 5.82 Å². The van der Waals surface area contributed by atoms with Gasteiger partial charge in [0.05, 0.1) is 5.69 Å². The molecule has 0 heterocycles. The fourth-order valence-electron chi connectivity index (χ4n) is 1.69. The van der Waals surface area contributed by atoms with E-state index in [-0.39, 0.29) is 11.9 Å². The third-order valence-corrected chi connectivity index (χ3v) is 4.02. The van der Waals surface area contributed by atoms with Gasteiger partial charge in [0.2, 0.25) is 0 Å². The maximum absolute atomic E-state index is 12.9. The van der Waals surface area contributed by atoms with E-state index >= 15 is 0 Å². The Balaban J connectivity index is 2.21. The summed E-state index contributed by atoms with van der Waals surface area (Å²) in [5, 5.41) is 3.40. The third-order valence-electron chi connectivity index (χ3n) is 2.69. The minimum Gasteiger partial charge on any atom is -0.377 e. The minimum atomic E-state index is -0.215. The van der Waals surface area contributed by atoms with Crippen LogP contribution in [0.5, 0.6) is 0 Å². The summed E-state index contributed by atoms with van der Waals surface area (Å²) in [6, 6.07) is 12.5. The molecule has 0 aromatic heterocycles. The minimum absolute atomic E-state index is 0.0978. The summed E-state index contributed by atoms with van der Waals surface area (Å²) in [6.45, 7) is 2.04. The topological polar surface area (TPSA) is 12.0 Å². The lowest BCUT2D eigenvalue weighted by Crippen LogP contribution is -2.07. The highest BCUT2D eigenvalue weighted by Crippen LogP contribution is 2.33. The number of hydrogen-bond acceptors (Lipinski definition) is 1. The van der Waals surface area contributed by atoms with Gasteiger partial charge in [0.15, 0.2) is 0 Å². The molecule has 0 aliphatic carbocycles. The lowest BCUT2D eigenvalue weighted by Gasteiger charge is -2.18. The maximum Gasteiger partial charge on any atom is 0.123 e. The van der Waals surface area contributed by atoms with Gasteiger partial charge in [-0.05, 0) is 68.6 Å². The van der Waals surface area contributed by atoms with E-state index in [4.69, 9.17) is 0 Å². The first-order valence-electron chi connectivity index (χ1n) is 5.54. The molecule has 2 aromatic rings. The van der Waals surface area contributed by atoms with Crippen molar-refractivity contribution in [1.82, 2.24) is 0 Å². The Morgan fingerprint density at radius 1 is 1.00 bits per heavy atom. The zero-order valence-corrected chi connectivity index (χ0v) is 12.9. The van der Waals surface area contributed by atoms with E-state index in [1.54, 1.807) is 12.1 Å². The van der Waals surface area contributed by atoms with Crippen molar-refractivity contribution in [3.8, 4) is 0 Å². The van der Waals surface area contributed by atoms with Crippen LogP contribution in [0, 0.1) is 5.82 Å². The standard InChI is InChI=1S/C14H12Br2FN/c1-9(10-5-7-11(17)8-6-10)18-14-12(15)3-2-4-13(14)16/h2-9,18H,1H3. The molecule has 0 spiro atoms. The number of nitrogens with one attached hydrogen (secondary N) is 1. The summed E-state index contributed by atoms with van der Waals surface area (Å²) in [4.78, 5) is 0. The van der Waals surface area contributed by atoms with Crippen molar-refractivity contribution in [2.45, 2.75) is 13.0 Å². The molecule has 4 heteroatoms. The van der Waals surface area contributed by atoms with Gasteiger partial charge in [-0.1, -0.05) is 18.2 Å². The Kier molecular flexibility index (Phi) is 4.40. The second kappa shape index (κ2) is 5.85. The molecule has 94 valence electrons. The van der Waals surface area contributed by atoms with Crippen LogP contribution in [0.2, 0.25) is 0 Å². The largest absolute Gasteiger partial charge is 0.377 e. The van der Waals surface area contributed by atoms with Gasteiger partial charge >= 0.3 is 0 Å². The molecule has 1 nitrogen and oxygen atoms in total. The Morgan fingerprint density at radius 3 is 2.11 bits per heavy atom. The van der Waals surface area contributed by atoms with Crippen molar-refractivity contribution in [3.63, 3.8) is 0 Å². The zero-order valence-electron chi connectivity index (χ0n) is 9.75. The van der Waals surface area contributed by atoms with Gasteiger partial charge in [-0.15, -0.1) is 0 Å². The van der Waals surface area contributed by atoms with Crippen molar-refractivity contribution < 1.29 is 4.39 Å². The molecule has 0 fully saturated rings. The van der Waals surface area contributed by atoms with Crippen LogP contribution in [0.3, 0.4) is 0 Å². The smallest absolute Gasteiger partial charge is 0.123 e. The summed E-state index contributed by atoms with van der Waals surface area (Å²) < 4.78 is 14.9. The molecule has 1 atom stereocenters. The lowest BCUT2D eigenvalue weighted by molar-refractivity contribution is 0.626. The molecule has 0 bridgehead atoms. The highest BCUT2D eigenvalue weighted by Gasteiger charge is 2.10. The summed E-state index contributed by atoms with van der Waals surface area (Å²) >= 11 is 7.01. The summed E-state index contributed by atoms with van der Waals surface area (Å²) in [5.41, 5.74) is 2.04. The normalized spacial score (nSPS) is 12.2. The molecular formula is C14H12Br2FN. The van der Waals surface area contributed by atoms with Crippen molar-refractivity contribution >= 4 is 37.5 Å². The predicted octanol–water partition coefficient (Wildman–Crippen LogP) is 5.52. The maximum atomic E-state index is 12.9. The van der Waals surface area contributed by atoms with E-state index in [0.29, 0.717) is 0 Å². The number of halogens is 3. The highest BCUT2D eigenvalue weighted by molar-refractivity contribution is 9.11. The second-order valence-electron chi connectivity index (χ2n) is 4.01. The first kappa shape index (κ1) is 13.6. The van der Waals surface area contributed by atoms with Gasteiger partial charge in [-0.2, -0.15) is 0 Å². The average Bonchev–Trinajstić information content (AvgIpc) is 2.34. The fourth-order valence-corrected chi connectivity index (χ4v) is 2.91. The van der Waals surface area contributed by atoms with E-state index in [9.17, 15) is 4.39 Å². The van der Waals surface area contributed by atoms with Gasteiger partial charge in [-0.3, -0.25) is 0 Å². The molecular weight excluding hydrogens is 361 g/mol. The monoisotopic (exact) mass is 371 g/mol. The first-order chi connectivity index (χ1) is 8.58. The van der Waals surface area contributed by atoms with Crippen LogP contribution < -0.4 is 5.32 Å². The number of hydrogen-bond donors (Lipinski definition) is 1. The number of benzene rings is 2. The van der Waals surface area contributed by atoms with E-state index in [2.05, 4.69) is 37.2 Å². The van der Waals surface area contributed by atoms with Gasteiger partial charge in [-0.25, -0.2) is 4.39 Å². The first-order valence-corrected chi connectivity index (χ1v) is 7.12. The van der Waals surface area contributed by atoms with Crippen LogP contribution in [0.15, 0.2) is 51.4 Å². The quantitative estimate of drug-likeness (QED) is 0.747. The van der Waals surface area contributed by atoms with Crippen molar-refractivity contribution in [2.75, 3.05) is 5.32 Å². The summed E-state index contributed by atoms with van der Waals surface area (Å²) in [5.74, 6) is -0.215. The Bertz CT molecular complexity index is 520. The van der Waals surface area contributed by atoms with E-state index in [0.717, 1.165) is 20.2 Å². The second-order valence-corrected chi connectivity index (χ2v) is 5.72. The van der Waals surface area contributed by atoms with E-state index in [1.165, 1.54) is 12.1 Å². The molecule has 2 aromatic carbocycles. The molecule has 1 N–H and O–H groups in total. The molecule has 0 amide bonds. The number of rotatable bonds is 3. The van der Waals surface area contributed by atoms with Crippen LogP contribution in [-0.2, 0) is 0 Å². The van der Waals surface area contributed by atoms with Crippen LogP contribution in [-0.4, -0.2) is 0 Å². The molecule has 18 heavy (non-hydrogen) atoms. The van der Waals surface area contributed by atoms with Crippen LogP contribution in [0.4, 0.5) is 10.1 Å². The number of para-hydroxylation sites is 1. The van der Waals surface area contributed by atoms with Crippen molar-refractivity contribution in [1.29, 1.82) is 0 Å². The predicted molar refractivity (Wildman–Crippen MR) is 80.3 cm³/mol. The number of anilines is 1. The molecule has 0 saturated carbocycles. The Morgan fingerprint density at radius 2 is 1.56 bits per heavy atom. The molecule has 1 unspecified atom stereocenters. The zero-order chi connectivity index (χ0) is 13.1. The Labute approximate surface area is 123 Å². The lowest BCUT2D eigenvalue weighted by atomic mass is 10.1. The SMILES string of the molecule is CC(Nc1c(Br)cccc1Br)c1ccc(F)cc1. The highest BCUT2D eigenvalue weighted by atomic mass is 79.9. The molecule has 0 radical (unpaired) electrons. The van der Waals surface area contributed by atoms with Crippen LogP contribution in [0.25, 0.3) is 0 Å². The van der Waals surface area contributed by atoms with Gasteiger partial charge in [0, 0.05) is 15.0 Å². The van der Waals surface area contributed by atoms with Crippen molar-refractivity contribution in [2.24, 2.45) is 0 Å². The van der Waals surface area contributed by atoms with E-state index in [1.807, 2.05) is 25.1 Å². The van der Waals surface area contributed by atoms with Crippen molar-refractivity contribution in [3.05, 3.63) is 62.8 Å². The van der Waals surface area contributed by atoms with Gasteiger partial charge in [0.25, 0.3) is 0 Å². The van der Waals surface area contributed by atoms with Gasteiger partial charge < -0.3 is 5.32 Å².